The predicted octanol–water partition coefficient (Wildman–Crippen LogP) is 6.26. The lowest BCUT2D eigenvalue weighted by molar-refractivity contribution is -0.132. The van der Waals surface area contributed by atoms with Gasteiger partial charge in [0.15, 0.2) is 0 Å². The maximum atomic E-state index is 13.8. The van der Waals surface area contributed by atoms with E-state index in [1.54, 1.807) is 29.2 Å². The number of carbonyl (C=O) groups is 2. The van der Waals surface area contributed by atoms with Crippen molar-refractivity contribution in [2.45, 2.75) is 26.8 Å². The van der Waals surface area contributed by atoms with Crippen LogP contribution in [0.15, 0.2) is 79.0 Å². The Kier molecular flexibility index (Phi) is 9.31. The molecule has 0 atom stereocenters. The number of benzene rings is 3. The molecule has 0 aliphatic carbocycles. The minimum absolute atomic E-state index is 0.0172. The molecule has 3 aromatic carbocycles. The summed E-state index contributed by atoms with van der Waals surface area (Å²) in [5.74, 6) is -0.0255. The summed E-state index contributed by atoms with van der Waals surface area (Å²) in [5, 5.41) is 1.74. The molecule has 1 aromatic heterocycles. The largest absolute Gasteiger partial charge is 0.378 e. The third-order valence-electron chi connectivity index (χ3n) is 6.79. The van der Waals surface area contributed by atoms with Crippen molar-refractivity contribution in [3.63, 3.8) is 0 Å². The first-order valence-corrected chi connectivity index (χ1v) is 13.7. The van der Waals surface area contributed by atoms with Crippen LogP contribution in [0, 0.1) is 5.92 Å². The Morgan fingerprint density at radius 2 is 1.59 bits per heavy atom. The molecule has 0 aliphatic heterocycles. The summed E-state index contributed by atoms with van der Waals surface area (Å²) in [4.78, 5) is 36.1. The Morgan fingerprint density at radius 1 is 0.897 bits per heavy atom. The predicted molar refractivity (Wildman–Crippen MR) is 160 cm³/mol. The van der Waals surface area contributed by atoms with Crippen LogP contribution in [0.4, 0.5) is 5.69 Å². The number of hydrogen-bond acceptors (Lipinski definition) is 3. The van der Waals surface area contributed by atoms with Crippen molar-refractivity contribution in [1.82, 2.24) is 14.8 Å². The molecule has 39 heavy (non-hydrogen) atoms. The van der Waals surface area contributed by atoms with Crippen LogP contribution < -0.4 is 4.90 Å². The van der Waals surface area contributed by atoms with Crippen LogP contribution in [-0.4, -0.2) is 60.3 Å². The van der Waals surface area contributed by atoms with Crippen LogP contribution in [0.1, 0.15) is 35.3 Å². The van der Waals surface area contributed by atoms with E-state index >= 15 is 0 Å². The van der Waals surface area contributed by atoms with Gasteiger partial charge < -0.3 is 19.7 Å². The zero-order chi connectivity index (χ0) is 27.9. The molecule has 7 heteroatoms. The van der Waals surface area contributed by atoms with Gasteiger partial charge in [-0.2, -0.15) is 0 Å². The Bertz CT molecular complexity index is 1390. The van der Waals surface area contributed by atoms with E-state index in [0.29, 0.717) is 36.6 Å². The van der Waals surface area contributed by atoms with Gasteiger partial charge in [-0.25, -0.2) is 0 Å². The van der Waals surface area contributed by atoms with Crippen molar-refractivity contribution in [2.24, 2.45) is 5.92 Å². The SMILES string of the molecule is CC(C)CN(CC(=O)N(CCc1c[nH]c2ccccc12)Cc1ccc(N(C)C)cc1)C(=O)c1ccc(Cl)cc1. The number of aromatic nitrogens is 1. The fourth-order valence-corrected chi connectivity index (χ4v) is 4.83. The van der Waals surface area contributed by atoms with E-state index in [1.165, 1.54) is 10.9 Å². The molecule has 0 unspecified atom stereocenters. The summed E-state index contributed by atoms with van der Waals surface area (Å²) >= 11 is 6.03. The molecule has 0 fully saturated rings. The number of aromatic amines is 1. The quantitative estimate of drug-likeness (QED) is 0.242. The zero-order valence-corrected chi connectivity index (χ0v) is 23.9. The second-order valence-corrected chi connectivity index (χ2v) is 11.0. The number of H-pyrrole nitrogens is 1. The molecule has 1 heterocycles. The number of nitrogens with zero attached hydrogens (tertiary/aromatic N) is 3. The molecular weight excluding hydrogens is 508 g/mol. The topological polar surface area (TPSA) is 59.7 Å². The second-order valence-electron chi connectivity index (χ2n) is 10.6. The maximum absolute atomic E-state index is 13.8. The van der Waals surface area contributed by atoms with E-state index in [9.17, 15) is 9.59 Å². The third-order valence-corrected chi connectivity index (χ3v) is 7.05. The molecule has 0 radical (unpaired) electrons. The smallest absolute Gasteiger partial charge is 0.254 e. The Hall–Kier alpha value is -3.77. The number of para-hydroxylation sites is 1. The molecule has 6 nitrogen and oxygen atoms in total. The van der Waals surface area contributed by atoms with Gasteiger partial charge in [-0.3, -0.25) is 9.59 Å². The average Bonchev–Trinajstić information content (AvgIpc) is 3.33. The molecule has 0 saturated heterocycles. The molecule has 1 N–H and O–H groups in total. The molecule has 0 spiro atoms. The molecule has 204 valence electrons. The van der Waals surface area contributed by atoms with E-state index in [1.807, 2.05) is 51.2 Å². The van der Waals surface area contributed by atoms with Gasteiger partial charge in [0.1, 0.15) is 6.54 Å². The molecule has 2 amide bonds. The number of nitrogens with one attached hydrogen (secondary N) is 1. The monoisotopic (exact) mass is 544 g/mol. The first-order chi connectivity index (χ1) is 18.7. The number of fused-ring (bicyclic) bond motifs is 1. The molecule has 0 saturated carbocycles. The minimum Gasteiger partial charge on any atom is -0.378 e. The lowest BCUT2D eigenvalue weighted by Crippen LogP contribution is -2.44. The summed E-state index contributed by atoms with van der Waals surface area (Å²) in [6.07, 6.45) is 2.73. The lowest BCUT2D eigenvalue weighted by Gasteiger charge is -2.29. The van der Waals surface area contributed by atoms with E-state index in [-0.39, 0.29) is 24.3 Å². The van der Waals surface area contributed by atoms with Gasteiger partial charge in [0.25, 0.3) is 5.91 Å². The zero-order valence-electron chi connectivity index (χ0n) is 23.2. The molecular formula is C32H37ClN4O2. The van der Waals surface area contributed by atoms with E-state index in [2.05, 4.69) is 46.3 Å². The molecule has 0 bridgehead atoms. The first-order valence-electron chi connectivity index (χ1n) is 13.3. The maximum Gasteiger partial charge on any atom is 0.254 e. The standard InChI is InChI=1S/C32H37ClN4O2/c1-23(2)20-37(32(39)25-11-13-27(33)14-12-25)22-31(38)36(21-24-9-15-28(16-10-24)35(3)4)18-17-26-19-34-30-8-6-5-7-29(26)30/h5-16,19,23,34H,17-18,20-22H2,1-4H3. The Balaban J connectivity index is 1.56. The van der Waals surface area contributed by atoms with Crippen LogP contribution >= 0.6 is 11.6 Å². The van der Waals surface area contributed by atoms with E-state index < -0.39 is 0 Å². The Labute approximate surface area is 236 Å². The molecule has 4 rings (SSSR count). The minimum atomic E-state index is -0.166. The van der Waals surface area contributed by atoms with Gasteiger partial charge in [-0.15, -0.1) is 0 Å². The first kappa shape index (κ1) is 28.2. The van der Waals surface area contributed by atoms with Crippen molar-refractivity contribution < 1.29 is 9.59 Å². The van der Waals surface area contributed by atoms with Gasteiger partial charge in [-0.1, -0.05) is 55.8 Å². The van der Waals surface area contributed by atoms with Crippen LogP contribution in [0.25, 0.3) is 10.9 Å². The van der Waals surface area contributed by atoms with Crippen molar-refractivity contribution in [1.29, 1.82) is 0 Å². The van der Waals surface area contributed by atoms with Crippen molar-refractivity contribution in [3.05, 3.63) is 101 Å². The average molecular weight is 545 g/mol. The highest BCUT2D eigenvalue weighted by Gasteiger charge is 2.24. The number of hydrogen-bond donors (Lipinski definition) is 1. The normalized spacial score (nSPS) is 11.1. The summed E-state index contributed by atoms with van der Waals surface area (Å²) in [6.45, 7) is 5.62. The molecule has 4 aromatic rings. The van der Waals surface area contributed by atoms with Gasteiger partial charge in [0.2, 0.25) is 5.91 Å². The number of halogens is 1. The molecule has 0 aliphatic rings. The van der Waals surface area contributed by atoms with Crippen LogP contribution in [0.3, 0.4) is 0 Å². The number of rotatable bonds is 11. The Morgan fingerprint density at radius 3 is 2.26 bits per heavy atom. The highest BCUT2D eigenvalue weighted by Crippen LogP contribution is 2.20. The van der Waals surface area contributed by atoms with Crippen LogP contribution in [0.2, 0.25) is 5.02 Å². The van der Waals surface area contributed by atoms with Crippen LogP contribution in [0.5, 0.6) is 0 Å². The van der Waals surface area contributed by atoms with E-state index in [4.69, 9.17) is 11.6 Å². The van der Waals surface area contributed by atoms with Gasteiger partial charge in [0.05, 0.1) is 0 Å². The van der Waals surface area contributed by atoms with Crippen molar-refractivity contribution in [2.75, 3.05) is 38.6 Å². The summed E-state index contributed by atoms with van der Waals surface area (Å²) in [7, 11) is 4.01. The lowest BCUT2D eigenvalue weighted by atomic mass is 10.1. The fraction of sp³-hybridized carbons (Fsp3) is 0.312. The van der Waals surface area contributed by atoms with Crippen LogP contribution in [-0.2, 0) is 17.8 Å². The summed E-state index contributed by atoms with van der Waals surface area (Å²) in [5.41, 5.74) is 4.93. The number of amides is 2. The van der Waals surface area contributed by atoms with Gasteiger partial charge >= 0.3 is 0 Å². The number of anilines is 1. The van der Waals surface area contributed by atoms with Crippen molar-refractivity contribution >= 4 is 40.0 Å². The fourth-order valence-electron chi connectivity index (χ4n) is 4.70. The summed E-state index contributed by atoms with van der Waals surface area (Å²) in [6, 6.07) is 23.3. The van der Waals surface area contributed by atoms with Gasteiger partial charge in [-0.05, 0) is 65.9 Å². The highest BCUT2D eigenvalue weighted by molar-refractivity contribution is 6.30. The highest BCUT2D eigenvalue weighted by atomic mass is 35.5. The van der Waals surface area contributed by atoms with E-state index in [0.717, 1.165) is 16.8 Å². The summed E-state index contributed by atoms with van der Waals surface area (Å²) < 4.78 is 0. The second kappa shape index (κ2) is 12.9. The van der Waals surface area contributed by atoms with Crippen molar-refractivity contribution in [3.8, 4) is 0 Å². The third kappa shape index (κ3) is 7.42. The van der Waals surface area contributed by atoms with Gasteiger partial charge in [0, 0.05) is 67.1 Å². The number of carbonyl (C=O) groups excluding carboxylic acids is 2.